The van der Waals surface area contributed by atoms with Crippen LogP contribution in [0.5, 0.6) is 0 Å². The molecule has 29 heavy (non-hydrogen) atoms. The van der Waals surface area contributed by atoms with Gasteiger partial charge in [-0.3, -0.25) is 10.1 Å². The number of rotatable bonds is 6. The summed E-state index contributed by atoms with van der Waals surface area (Å²) in [4.78, 5) is 28.1. The SMILES string of the molecule is CCOC(=O)c1ccc(N2CCN(S(=O)(=O)c3cccc([N+](=O)[O-])c3)CC2)nc1. The molecular formula is C18H20N4O6S. The van der Waals surface area contributed by atoms with Crippen molar-refractivity contribution in [1.82, 2.24) is 9.29 Å². The van der Waals surface area contributed by atoms with Gasteiger partial charge in [-0.25, -0.2) is 18.2 Å². The van der Waals surface area contributed by atoms with E-state index in [1.54, 1.807) is 19.1 Å². The van der Waals surface area contributed by atoms with Crippen LogP contribution in [0, 0.1) is 10.1 Å². The lowest BCUT2D eigenvalue weighted by molar-refractivity contribution is -0.385. The largest absolute Gasteiger partial charge is 0.462 e. The number of anilines is 1. The summed E-state index contributed by atoms with van der Waals surface area (Å²) in [6.07, 6.45) is 1.43. The highest BCUT2D eigenvalue weighted by Crippen LogP contribution is 2.23. The van der Waals surface area contributed by atoms with Crippen molar-refractivity contribution in [3.05, 3.63) is 58.3 Å². The Balaban J connectivity index is 1.68. The van der Waals surface area contributed by atoms with Crippen molar-refractivity contribution in [3.8, 4) is 0 Å². The molecule has 0 N–H and O–H groups in total. The maximum atomic E-state index is 12.8. The van der Waals surface area contributed by atoms with Gasteiger partial charge in [-0.15, -0.1) is 0 Å². The van der Waals surface area contributed by atoms with Gasteiger partial charge in [-0.05, 0) is 25.1 Å². The smallest absolute Gasteiger partial charge is 0.339 e. The van der Waals surface area contributed by atoms with E-state index in [2.05, 4.69) is 4.98 Å². The van der Waals surface area contributed by atoms with E-state index < -0.39 is 20.9 Å². The lowest BCUT2D eigenvalue weighted by Gasteiger charge is -2.34. The van der Waals surface area contributed by atoms with E-state index in [1.807, 2.05) is 4.90 Å². The molecule has 1 saturated heterocycles. The summed E-state index contributed by atoms with van der Waals surface area (Å²) in [5, 5.41) is 10.9. The molecule has 0 saturated carbocycles. The summed E-state index contributed by atoms with van der Waals surface area (Å²) < 4.78 is 31.8. The van der Waals surface area contributed by atoms with E-state index in [0.29, 0.717) is 24.5 Å². The van der Waals surface area contributed by atoms with Gasteiger partial charge in [0.1, 0.15) is 5.82 Å². The number of benzene rings is 1. The number of hydrogen-bond donors (Lipinski definition) is 0. The summed E-state index contributed by atoms with van der Waals surface area (Å²) in [7, 11) is -3.83. The summed E-state index contributed by atoms with van der Waals surface area (Å²) in [5.74, 6) is 0.185. The van der Waals surface area contributed by atoms with Crippen molar-refractivity contribution in [2.45, 2.75) is 11.8 Å². The number of nitro groups is 1. The number of carbonyl (C=O) groups is 1. The highest BCUT2D eigenvalue weighted by Gasteiger charge is 2.30. The van der Waals surface area contributed by atoms with Crippen LogP contribution < -0.4 is 4.90 Å². The quantitative estimate of drug-likeness (QED) is 0.393. The number of pyridine rings is 1. The fourth-order valence-electron chi connectivity index (χ4n) is 2.97. The Morgan fingerprint density at radius 1 is 1.21 bits per heavy atom. The van der Waals surface area contributed by atoms with Gasteiger partial charge in [0.15, 0.2) is 0 Å². The first kappa shape index (κ1) is 20.7. The van der Waals surface area contributed by atoms with Gasteiger partial charge in [0.2, 0.25) is 10.0 Å². The molecular weight excluding hydrogens is 400 g/mol. The number of nitrogens with zero attached hydrogens (tertiary/aromatic N) is 4. The molecule has 154 valence electrons. The molecule has 0 bridgehead atoms. The van der Waals surface area contributed by atoms with Crippen LogP contribution in [0.25, 0.3) is 0 Å². The molecule has 10 nitrogen and oxygen atoms in total. The minimum atomic E-state index is -3.83. The summed E-state index contributed by atoms with van der Waals surface area (Å²) in [6.45, 7) is 3.24. The molecule has 11 heteroatoms. The van der Waals surface area contributed by atoms with Crippen LogP contribution in [-0.4, -0.2) is 61.4 Å². The number of nitro benzene ring substituents is 1. The van der Waals surface area contributed by atoms with Gasteiger partial charge < -0.3 is 9.64 Å². The third-order valence-electron chi connectivity index (χ3n) is 4.49. The van der Waals surface area contributed by atoms with E-state index in [1.165, 1.54) is 28.7 Å². The average Bonchev–Trinajstić information content (AvgIpc) is 2.74. The van der Waals surface area contributed by atoms with Crippen molar-refractivity contribution in [1.29, 1.82) is 0 Å². The number of aromatic nitrogens is 1. The van der Waals surface area contributed by atoms with Crippen LogP contribution in [-0.2, 0) is 14.8 Å². The number of esters is 1. The molecule has 1 aromatic carbocycles. The molecule has 2 heterocycles. The van der Waals surface area contributed by atoms with Crippen molar-refractivity contribution >= 4 is 27.5 Å². The molecule has 0 amide bonds. The van der Waals surface area contributed by atoms with Crippen LogP contribution >= 0.6 is 0 Å². The van der Waals surface area contributed by atoms with Crippen molar-refractivity contribution < 1.29 is 22.9 Å². The zero-order chi connectivity index (χ0) is 21.0. The Bertz CT molecular complexity index is 1000. The molecule has 1 aliphatic rings. The van der Waals surface area contributed by atoms with E-state index in [-0.39, 0.29) is 30.3 Å². The first-order chi connectivity index (χ1) is 13.8. The predicted octanol–water partition coefficient (Wildman–Crippen LogP) is 1.68. The fraction of sp³-hybridized carbons (Fsp3) is 0.333. The van der Waals surface area contributed by atoms with Crippen molar-refractivity contribution in [2.24, 2.45) is 0 Å². The molecule has 2 aromatic rings. The number of non-ortho nitro benzene ring substituents is 1. The molecule has 0 aliphatic carbocycles. The Hall–Kier alpha value is -3.05. The van der Waals surface area contributed by atoms with Crippen LogP contribution in [0.2, 0.25) is 0 Å². The monoisotopic (exact) mass is 420 g/mol. The fourth-order valence-corrected chi connectivity index (χ4v) is 4.43. The summed E-state index contributed by atoms with van der Waals surface area (Å²) in [5.41, 5.74) is 0.0816. The second-order valence-corrected chi connectivity index (χ2v) is 8.21. The maximum absolute atomic E-state index is 12.8. The van der Waals surface area contributed by atoms with E-state index in [9.17, 15) is 23.3 Å². The Kier molecular flexibility index (Phi) is 6.09. The third kappa shape index (κ3) is 4.51. The summed E-state index contributed by atoms with van der Waals surface area (Å²) >= 11 is 0. The molecule has 0 unspecified atom stereocenters. The minimum absolute atomic E-state index is 0.0999. The van der Waals surface area contributed by atoms with Crippen LogP contribution in [0.1, 0.15) is 17.3 Å². The molecule has 0 atom stereocenters. The molecule has 1 aromatic heterocycles. The van der Waals surface area contributed by atoms with Gasteiger partial charge in [0, 0.05) is 44.5 Å². The summed E-state index contributed by atoms with van der Waals surface area (Å²) in [6, 6.07) is 8.34. The molecule has 1 aliphatic heterocycles. The normalized spacial score (nSPS) is 15.1. The lowest BCUT2D eigenvalue weighted by atomic mass is 10.2. The van der Waals surface area contributed by atoms with Gasteiger partial charge in [-0.1, -0.05) is 6.07 Å². The highest BCUT2D eigenvalue weighted by atomic mass is 32.2. The Morgan fingerprint density at radius 3 is 2.52 bits per heavy atom. The van der Waals surface area contributed by atoms with Crippen LogP contribution in [0.4, 0.5) is 11.5 Å². The second-order valence-electron chi connectivity index (χ2n) is 6.27. The first-order valence-electron chi connectivity index (χ1n) is 8.95. The maximum Gasteiger partial charge on any atom is 0.339 e. The topological polar surface area (TPSA) is 123 Å². The Morgan fingerprint density at radius 2 is 1.93 bits per heavy atom. The number of hydrogen-bond acceptors (Lipinski definition) is 8. The highest BCUT2D eigenvalue weighted by molar-refractivity contribution is 7.89. The Labute approximate surface area is 167 Å². The van der Waals surface area contributed by atoms with Gasteiger partial charge in [0.05, 0.1) is 22.0 Å². The van der Waals surface area contributed by atoms with Crippen molar-refractivity contribution in [3.63, 3.8) is 0 Å². The zero-order valence-corrected chi connectivity index (χ0v) is 16.5. The number of sulfonamides is 1. The first-order valence-corrected chi connectivity index (χ1v) is 10.4. The number of ether oxygens (including phenoxy) is 1. The minimum Gasteiger partial charge on any atom is -0.462 e. The number of piperazine rings is 1. The van der Waals surface area contributed by atoms with E-state index in [0.717, 1.165) is 6.07 Å². The van der Waals surface area contributed by atoms with Gasteiger partial charge in [-0.2, -0.15) is 4.31 Å². The third-order valence-corrected chi connectivity index (χ3v) is 6.38. The number of carbonyl (C=O) groups excluding carboxylic acids is 1. The molecule has 1 fully saturated rings. The standard InChI is InChI=1S/C18H20N4O6S/c1-2-28-18(23)14-6-7-17(19-13-14)20-8-10-21(11-9-20)29(26,27)16-5-3-4-15(12-16)22(24)25/h3-7,12-13H,2,8-11H2,1H3. The van der Waals surface area contributed by atoms with E-state index in [4.69, 9.17) is 4.74 Å². The van der Waals surface area contributed by atoms with E-state index >= 15 is 0 Å². The van der Waals surface area contributed by atoms with Crippen LogP contribution in [0.15, 0.2) is 47.5 Å². The van der Waals surface area contributed by atoms with Crippen LogP contribution in [0.3, 0.4) is 0 Å². The molecule has 0 spiro atoms. The average molecular weight is 420 g/mol. The lowest BCUT2D eigenvalue weighted by Crippen LogP contribution is -2.48. The van der Waals surface area contributed by atoms with Gasteiger partial charge in [0.25, 0.3) is 5.69 Å². The van der Waals surface area contributed by atoms with Crippen molar-refractivity contribution in [2.75, 3.05) is 37.7 Å². The second kappa shape index (κ2) is 8.53. The predicted molar refractivity (Wildman–Crippen MR) is 104 cm³/mol. The zero-order valence-electron chi connectivity index (χ0n) is 15.7. The molecule has 3 rings (SSSR count). The van der Waals surface area contributed by atoms with Gasteiger partial charge >= 0.3 is 5.97 Å². The molecule has 0 radical (unpaired) electrons.